The van der Waals surface area contributed by atoms with Crippen LogP contribution >= 0.6 is 0 Å². The summed E-state index contributed by atoms with van der Waals surface area (Å²) in [6.45, 7) is 0.565. The second kappa shape index (κ2) is 3.68. The molecule has 1 aliphatic heterocycles. The summed E-state index contributed by atoms with van der Waals surface area (Å²) >= 11 is 0. The SMILES string of the molecule is O=C(O)C1CN(C(=O)c2ccccn2)C1. The van der Waals surface area contributed by atoms with Crippen LogP contribution in [0.1, 0.15) is 10.5 Å². The van der Waals surface area contributed by atoms with Crippen molar-refractivity contribution in [1.82, 2.24) is 9.88 Å². The van der Waals surface area contributed by atoms with E-state index < -0.39 is 11.9 Å². The maximum Gasteiger partial charge on any atom is 0.310 e. The Labute approximate surface area is 86.3 Å². The van der Waals surface area contributed by atoms with Gasteiger partial charge in [0.1, 0.15) is 5.69 Å². The third-order valence-electron chi connectivity index (χ3n) is 2.40. The topological polar surface area (TPSA) is 70.5 Å². The third-order valence-corrected chi connectivity index (χ3v) is 2.40. The van der Waals surface area contributed by atoms with Crippen molar-refractivity contribution in [3.8, 4) is 0 Å². The van der Waals surface area contributed by atoms with Gasteiger partial charge in [0.05, 0.1) is 5.92 Å². The van der Waals surface area contributed by atoms with E-state index >= 15 is 0 Å². The van der Waals surface area contributed by atoms with Crippen molar-refractivity contribution in [2.24, 2.45) is 5.92 Å². The van der Waals surface area contributed by atoms with Crippen LogP contribution in [0.4, 0.5) is 0 Å². The maximum atomic E-state index is 11.7. The van der Waals surface area contributed by atoms with E-state index in [1.165, 1.54) is 4.90 Å². The third kappa shape index (κ3) is 1.81. The highest BCUT2D eigenvalue weighted by atomic mass is 16.4. The number of rotatable bonds is 2. The molecule has 0 spiro atoms. The van der Waals surface area contributed by atoms with Crippen molar-refractivity contribution in [2.45, 2.75) is 0 Å². The first-order valence-corrected chi connectivity index (χ1v) is 4.61. The van der Waals surface area contributed by atoms with Gasteiger partial charge in [0.25, 0.3) is 5.91 Å². The van der Waals surface area contributed by atoms with Crippen LogP contribution in [0.15, 0.2) is 24.4 Å². The van der Waals surface area contributed by atoms with Gasteiger partial charge >= 0.3 is 5.97 Å². The monoisotopic (exact) mass is 206 g/mol. The number of carbonyl (C=O) groups excluding carboxylic acids is 1. The molecule has 1 saturated heterocycles. The lowest BCUT2D eigenvalue weighted by atomic mass is 10.00. The molecule has 2 heterocycles. The van der Waals surface area contributed by atoms with Crippen LogP contribution in [0.25, 0.3) is 0 Å². The second-order valence-electron chi connectivity index (χ2n) is 3.46. The van der Waals surface area contributed by atoms with Gasteiger partial charge in [-0.25, -0.2) is 0 Å². The van der Waals surface area contributed by atoms with E-state index in [2.05, 4.69) is 4.98 Å². The minimum absolute atomic E-state index is 0.201. The Bertz CT molecular complexity index is 385. The van der Waals surface area contributed by atoms with Crippen LogP contribution in [0, 0.1) is 5.92 Å². The van der Waals surface area contributed by atoms with Gasteiger partial charge in [-0.2, -0.15) is 0 Å². The lowest BCUT2D eigenvalue weighted by molar-refractivity contribution is -0.146. The molecule has 5 heteroatoms. The Balaban J connectivity index is 1.98. The zero-order valence-electron chi connectivity index (χ0n) is 7.96. The molecule has 1 aromatic rings. The van der Waals surface area contributed by atoms with Crippen LogP contribution in [-0.4, -0.2) is 40.0 Å². The summed E-state index contributed by atoms with van der Waals surface area (Å²) in [6.07, 6.45) is 1.54. The molecule has 2 rings (SSSR count). The normalized spacial score (nSPS) is 15.9. The summed E-state index contributed by atoms with van der Waals surface area (Å²) in [5.41, 5.74) is 0.362. The van der Waals surface area contributed by atoms with Gasteiger partial charge in [-0.1, -0.05) is 6.07 Å². The summed E-state index contributed by atoms with van der Waals surface area (Å²) in [5.74, 6) is -1.47. The molecule has 1 aliphatic rings. The van der Waals surface area contributed by atoms with Crippen molar-refractivity contribution in [1.29, 1.82) is 0 Å². The molecule has 0 unspecified atom stereocenters. The summed E-state index contributed by atoms with van der Waals surface area (Å²) in [5, 5.41) is 8.65. The van der Waals surface area contributed by atoms with Crippen LogP contribution in [0.2, 0.25) is 0 Å². The van der Waals surface area contributed by atoms with E-state index in [0.717, 1.165) is 0 Å². The quantitative estimate of drug-likeness (QED) is 0.752. The average molecular weight is 206 g/mol. The Morgan fingerprint density at radius 3 is 2.67 bits per heavy atom. The molecule has 78 valence electrons. The number of carboxylic acids is 1. The molecule has 0 bridgehead atoms. The standard InChI is InChI=1S/C10H10N2O3/c13-9(8-3-1-2-4-11-8)12-5-7(6-12)10(14)15/h1-4,7H,5-6H2,(H,14,15). The molecule has 1 fully saturated rings. The van der Waals surface area contributed by atoms with E-state index in [0.29, 0.717) is 5.69 Å². The number of likely N-dealkylation sites (tertiary alicyclic amines) is 1. The lowest BCUT2D eigenvalue weighted by Crippen LogP contribution is -2.53. The van der Waals surface area contributed by atoms with Crippen LogP contribution in [-0.2, 0) is 4.79 Å². The van der Waals surface area contributed by atoms with Gasteiger partial charge in [-0.05, 0) is 12.1 Å². The van der Waals surface area contributed by atoms with Gasteiger partial charge in [-0.15, -0.1) is 0 Å². The Hall–Kier alpha value is -1.91. The number of nitrogens with zero attached hydrogens (tertiary/aromatic N) is 2. The van der Waals surface area contributed by atoms with Gasteiger partial charge in [0.2, 0.25) is 0 Å². The fourth-order valence-corrected chi connectivity index (χ4v) is 1.45. The molecule has 0 radical (unpaired) electrons. The predicted octanol–water partition coefficient (Wildman–Crippen LogP) is 0.238. The number of pyridine rings is 1. The molecular formula is C10H10N2O3. The first-order chi connectivity index (χ1) is 7.18. The fourth-order valence-electron chi connectivity index (χ4n) is 1.45. The second-order valence-corrected chi connectivity index (χ2v) is 3.46. The Kier molecular flexibility index (Phi) is 2.37. The van der Waals surface area contributed by atoms with Gasteiger partial charge in [0.15, 0.2) is 0 Å². The van der Waals surface area contributed by atoms with Gasteiger partial charge in [0, 0.05) is 19.3 Å². The van der Waals surface area contributed by atoms with Crippen molar-refractivity contribution in [2.75, 3.05) is 13.1 Å². The van der Waals surface area contributed by atoms with Crippen LogP contribution in [0.3, 0.4) is 0 Å². The maximum absolute atomic E-state index is 11.7. The highest BCUT2D eigenvalue weighted by Crippen LogP contribution is 2.17. The summed E-state index contributed by atoms with van der Waals surface area (Å²) in [4.78, 5) is 27.6. The molecule has 1 N–H and O–H groups in total. The smallest absolute Gasteiger partial charge is 0.310 e. The molecule has 15 heavy (non-hydrogen) atoms. The predicted molar refractivity (Wildman–Crippen MR) is 51.3 cm³/mol. The van der Waals surface area contributed by atoms with Crippen molar-refractivity contribution >= 4 is 11.9 Å². The largest absolute Gasteiger partial charge is 0.481 e. The first-order valence-electron chi connectivity index (χ1n) is 4.61. The average Bonchev–Trinajstić information content (AvgIpc) is 2.16. The summed E-state index contributed by atoms with van der Waals surface area (Å²) in [6, 6.07) is 5.08. The lowest BCUT2D eigenvalue weighted by Gasteiger charge is -2.36. The molecule has 0 saturated carbocycles. The van der Waals surface area contributed by atoms with Crippen LogP contribution in [0.5, 0.6) is 0 Å². The minimum Gasteiger partial charge on any atom is -0.481 e. The highest BCUT2D eigenvalue weighted by Gasteiger charge is 2.36. The first kappa shape index (κ1) is 9.64. The summed E-state index contributed by atoms with van der Waals surface area (Å²) in [7, 11) is 0. The molecule has 1 amide bonds. The number of amides is 1. The zero-order valence-corrected chi connectivity index (χ0v) is 7.96. The van der Waals surface area contributed by atoms with E-state index in [1.54, 1.807) is 24.4 Å². The summed E-state index contributed by atoms with van der Waals surface area (Å²) < 4.78 is 0. The van der Waals surface area contributed by atoms with Crippen molar-refractivity contribution < 1.29 is 14.7 Å². The van der Waals surface area contributed by atoms with Gasteiger partial charge < -0.3 is 10.0 Å². The van der Waals surface area contributed by atoms with E-state index in [1.807, 2.05) is 0 Å². The minimum atomic E-state index is -0.847. The number of carbonyl (C=O) groups is 2. The molecule has 0 aliphatic carbocycles. The number of aromatic nitrogens is 1. The number of carboxylic acid groups (broad SMARTS) is 1. The van der Waals surface area contributed by atoms with Gasteiger partial charge in [-0.3, -0.25) is 14.6 Å². The highest BCUT2D eigenvalue weighted by molar-refractivity contribution is 5.93. The van der Waals surface area contributed by atoms with Crippen molar-refractivity contribution in [3.05, 3.63) is 30.1 Å². The van der Waals surface area contributed by atoms with E-state index in [-0.39, 0.29) is 19.0 Å². The molecule has 1 aromatic heterocycles. The number of hydrogen-bond acceptors (Lipinski definition) is 3. The Morgan fingerprint density at radius 1 is 1.40 bits per heavy atom. The molecular weight excluding hydrogens is 196 g/mol. The molecule has 0 aromatic carbocycles. The van der Waals surface area contributed by atoms with Crippen molar-refractivity contribution in [3.63, 3.8) is 0 Å². The Morgan fingerprint density at radius 2 is 2.13 bits per heavy atom. The van der Waals surface area contributed by atoms with E-state index in [4.69, 9.17) is 5.11 Å². The van der Waals surface area contributed by atoms with Crippen LogP contribution < -0.4 is 0 Å². The van der Waals surface area contributed by atoms with E-state index in [9.17, 15) is 9.59 Å². The fraction of sp³-hybridized carbons (Fsp3) is 0.300. The number of aliphatic carboxylic acids is 1. The number of hydrogen-bond donors (Lipinski definition) is 1. The molecule has 5 nitrogen and oxygen atoms in total. The zero-order chi connectivity index (χ0) is 10.8. The molecule has 0 atom stereocenters.